The second kappa shape index (κ2) is 5.53. The van der Waals surface area contributed by atoms with Crippen LogP contribution in [-0.4, -0.2) is 65.6 Å². The number of carbonyl (C=O) groups excluding carboxylic acids is 2. The van der Waals surface area contributed by atoms with Crippen molar-refractivity contribution in [2.45, 2.75) is 35.8 Å². The number of aliphatic hydroxyl groups is 1. The van der Waals surface area contributed by atoms with Crippen LogP contribution in [0.25, 0.3) is 0 Å². The summed E-state index contributed by atoms with van der Waals surface area (Å²) in [6.07, 6.45) is -4.43. The number of rotatable bonds is 3. The van der Waals surface area contributed by atoms with Gasteiger partial charge in [-0.05, 0) is 15.9 Å². The zero-order valence-corrected chi connectivity index (χ0v) is 12.3. The van der Waals surface area contributed by atoms with Gasteiger partial charge in [0.05, 0.1) is 0 Å². The highest BCUT2D eigenvalue weighted by atomic mass is 79.9. The zero-order valence-electron chi connectivity index (χ0n) is 10.7. The first kappa shape index (κ1) is 15.6. The number of urea groups is 1. The van der Waals surface area contributed by atoms with Crippen molar-refractivity contribution in [3.8, 4) is 0 Å². The summed E-state index contributed by atoms with van der Waals surface area (Å²) in [4.78, 5) is 24.2. The second-order valence-electron chi connectivity index (χ2n) is 4.38. The smallest absolute Gasteiger partial charge is 0.328 e. The lowest BCUT2D eigenvalue weighted by molar-refractivity contribution is -0.200. The predicted molar refractivity (Wildman–Crippen MR) is 65.2 cm³/mol. The fourth-order valence-corrected chi connectivity index (χ4v) is 2.70. The van der Waals surface area contributed by atoms with E-state index in [9.17, 15) is 19.1 Å². The molecule has 2 aliphatic heterocycles. The fraction of sp³-hybridized carbons (Fsp3) is 0.800. The zero-order chi connectivity index (χ0) is 15.1. The molecule has 3 amide bonds. The van der Waals surface area contributed by atoms with Gasteiger partial charge in [-0.2, -0.15) is 0 Å². The molecule has 2 heterocycles. The summed E-state index contributed by atoms with van der Waals surface area (Å²) >= 11 is 2.60. The van der Waals surface area contributed by atoms with Gasteiger partial charge in [0, 0.05) is 20.6 Å². The Morgan fingerprint density at radius 1 is 1.50 bits per heavy atom. The SMILES string of the molecule is COC1N([C@H]2C[C@H](O)[C@@H](OC)O2)C(=O)NC(=O)C1(F)Br. The average molecular weight is 357 g/mol. The molecular formula is C10H14BrFN2O6. The Bertz CT molecular complexity index is 423. The molecule has 2 unspecified atom stereocenters. The molecule has 0 aromatic carbocycles. The highest BCUT2D eigenvalue weighted by molar-refractivity contribution is 9.10. The standard InChI is InChI=1S/C10H14BrFN2O6/c1-18-6-4(15)3-5(20-6)14-8(19-2)10(11,12)7(16)13-9(14)17/h4-6,8,15H,3H2,1-2H3,(H,13,16,17)/t4-,5+,6-,8?,10?/m0/s1. The molecular weight excluding hydrogens is 343 g/mol. The monoisotopic (exact) mass is 356 g/mol. The average Bonchev–Trinajstić information content (AvgIpc) is 2.74. The normalized spacial score (nSPS) is 42.0. The van der Waals surface area contributed by atoms with Crippen LogP contribution in [-0.2, 0) is 19.0 Å². The minimum atomic E-state index is -2.62. The largest absolute Gasteiger partial charge is 0.388 e. The maximum Gasteiger partial charge on any atom is 0.328 e. The molecule has 0 radical (unpaired) electrons. The van der Waals surface area contributed by atoms with E-state index in [-0.39, 0.29) is 6.42 Å². The van der Waals surface area contributed by atoms with Gasteiger partial charge in [-0.25, -0.2) is 9.18 Å². The van der Waals surface area contributed by atoms with Gasteiger partial charge in [0.2, 0.25) is 0 Å². The molecule has 114 valence electrons. The molecule has 0 bridgehead atoms. The van der Waals surface area contributed by atoms with Gasteiger partial charge in [-0.15, -0.1) is 0 Å². The van der Waals surface area contributed by atoms with Crippen molar-refractivity contribution in [3.63, 3.8) is 0 Å². The first-order chi connectivity index (χ1) is 9.32. The van der Waals surface area contributed by atoms with Gasteiger partial charge in [-0.3, -0.25) is 15.0 Å². The number of alkyl halides is 2. The summed E-state index contributed by atoms with van der Waals surface area (Å²) < 4.78 is 26.8. The Balaban J connectivity index is 2.25. The van der Waals surface area contributed by atoms with Gasteiger partial charge >= 0.3 is 6.03 Å². The highest BCUT2D eigenvalue weighted by Crippen LogP contribution is 2.36. The molecule has 2 fully saturated rings. The number of methoxy groups -OCH3 is 2. The van der Waals surface area contributed by atoms with E-state index >= 15 is 0 Å². The van der Waals surface area contributed by atoms with Crippen LogP contribution in [0.3, 0.4) is 0 Å². The maximum absolute atomic E-state index is 14.3. The number of hydrogen-bond acceptors (Lipinski definition) is 6. The number of aliphatic hydroxyl groups excluding tert-OH is 1. The topological polar surface area (TPSA) is 97.3 Å². The van der Waals surface area contributed by atoms with E-state index in [1.807, 2.05) is 5.32 Å². The van der Waals surface area contributed by atoms with E-state index in [2.05, 4.69) is 15.9 Å². The van der Waals surface area contributed by atoms with Crippen molar-refractivity contribution in [3.05, 3.63) is 0 Å². The van der Waals surface area contributed by atoms with Crippen molar-refractivity contribution in [1.29, 1.82) is 0 Å². The summed E-state index contributed by atoms with van der Waals surface area (Å²) in [6, 6.07) is -0.872. The molecule has 10 heteroatoms. The Morgan fingerprint density at radius 2 is 2.15 bits per heavy atom. The van der Waals surface area contributed by atoms with E-state index in [1.54, 1.807) is 0 Å². The molecule has 5 atom stereocenters. The molecule has 0 saturated carbocycles. The molecule has 0 aromatic heterocycles. The summed E-state index contributed by atoms with van der Waals surface area (Å²) in [7, 11) is 2.48. The molecule has 0 aromatic rings. The number of imide groups is 1. The Hall–Kier alpha value is -0.810. The van der Waals surface area contributed by atoms with E-state index < -0.39 is 41.4 Å². The van der Waals surface area contributed by atoms with Crippen LogP contribution in [0.2, 0.25) is 0 Å². The maximum atomic E-state index is 14.3. The quantitative estimate of drug-likeness (QED) is 0.671. The van der Waals surface area contributed by atoms with Crippen molar-refractivity contribution in [2.24, 2.45) is 0 Å². The summed E-state index contributed by atoms with van der Waals surface area (Å²) in [5.41, 5.74) is 0. The lowest BCUT2D eigenvalue weighted by atomic mass is 10.2. The van der Waals surface area contributed by atoms with Crippen LogP contribution in [0.4, 0.5) is 9.18 Å². The molecule has 0 aliphatic carbocycles. The highest BCUT2D eigenvalue weighted by Gasteiger charge is 2.57. The first-order valence-electron chi connectivity index (χ1n) is 5.73. The van der Waals surface area contributed by atoms with Gasteiger partial charge in [0.25, 0.3) is 10.5 Å². The number of amides is 3. The molecule has 2 saturated heterocycles. The van der Waals surface area contributed by atoms with Gasteiger partial charge in [-0.1, -0.05) is 0 Å². The Labute approximate surface area is 122 Å². The number of nitrogens with zero attached hydrogens (tertiary/aromatic N) is 1. The summed E-state index contributed by atoms with van der Waals surface area (Å²) in [6.45, 7) is 0. The molecule has 2 rings (SSSR count). The van der Waals surface area contributed by atoms with E-state index in [4.69, 9.17) is 14.2 Å². The van der Waals surface area contributed by atoms with Gasteiger partial charge in [0.15, 0.2) is 12.5 Å². The number of nitrogens with one attached hydrogen (secondary N) is 1. The van der Waals surface area contributed by atoms with E-state index in [1.165, 1.54) is 7.11 Å². The van der Waals surface area contributed by atoms with Crippen LogP contribution in [0.1, 0.15) is 6.42 Å². The van der Waals surface area contributed by atoms with Crippen molar-refractivity contribution in [2.75, 3.05) is 14.2 Å². The Kier molecular flexibility index (Phi) is 4.30. The molecule has 0 spiro atoms. The predicted octanol–water partition coefficient (Wildman–Crippen LogP) is -0.349. The van der Waals surface area contributed by atoms with Crippen molar-refractivity contribution >= 4 is 27.9 Å². The van der Waals surface area contributed by atoms with Gasteiger partial charge < -0.3 is 19.3 Å². The second-order valence-corrected chi connectivity index (χ2v) is 5.53. The van der Waals surface area contributed by atoms with Crippen LogP contribution in [0, 0.1) is 0 Å². The van der Waals surface area contributed by atoms with E-state index in [0.717, 1.165) is 12.0 Å². The molecule has 2 N–H and O–H groups in total. The summed E-state index contributed by atoms with van der Waals surface area (Å²) in [5, 5.41) is 11.5. The van der Waals surface area contributed by atoms with Crippen LogP contribution in [0.5, 0.6) is 0 Å². The Morgan fingerprint density at radius 3 is 2.65 bits per heavy atom. The lowest BCUT2D eigenvalue weighted by Gasteiger charge is -2.42. The number of halogens is 2. The van der Waals surface area contributed by atoms with E-state index in [0.29, 0.717) is 0 Å². The van der Waals surface area contributed by atoms with Crippen LogP contribution >= 0.6 is 15.9 Å². The minimum Gasteiger partial charge on any atom is -0.388 e. The fourth-order valence-electron chi connectivity index (χ4n) is 2.19. The first-order valence-corrected chi connectivity index (χ1v) is 6.53. The molecule has 2 aliphatic rings. The summed E-state index contributed by atoms with van der Waals surface area (Å²) in [5.74, 6) is -1.16. The molecule has 20 heavy (non-hydrogen) atoms. The van der Waals surface area contributed by atoms with Crippen LogP contribution in [0.15, 0.2) is 0 Å². The minimum absolute atomic E-state index is 0.00303. The number of hydrogen-bond donors (Lipinski definition) is 2. The number of ether oxygens (including phenoxy) is 3. The lowest BCUT2D eigenvalue weighted by Crippen LogP contribution is -2.68. The molecule has 8 nitrogen and oxygen atoms in total. The third-order valence-electron chi connectivity index (χ3n) is 3.13. The number of carbonyl (C=O) groups is 2. The van der Waals surface area contributed by atoms with Gasteiger partial charge in [0.1, 0.15) is 12.3 Å². The van der Waals surface area contributed by atoms with Crippen molar-refractivity contribution in [1.82, 2.24) is 10.2 Å². The third kappa shape index (κ3) is 2.42. The van der Waals surface area contributed by atoms with Crippen LogP contribution < -0.4 is 5.32 Å². The third-order valence-corrected chi connectivity index (χ3v) is 3.89. The van der Waals surface area contributed by atoms with Crippen molar-refractivity contribution < 1.29 is 33.3 Å².